The minimum absolute atomic E-state index is 0. The van der Waals surface area contributed by atoms with E-state index in [-0.39, 0.29) is 12.4 Å². The normalized spacial score (nSPS) is 23.8. The molecule has 5 heteroatoms. The van der Waals surface area contributed by atoms with E-state index in [1.807, 2.05) is 0 Å². The molecule has 0 saturated carbocycles. The van der Waals surface area contributed by atoms with Crippen molar-refractivity contribution < 1.29 is 0 Å². The van der Waals surface area contributed by atoms with Crippen LogP contribution in [-0.2, 0) is 6.54 Å². The lowest BCUT2D eigenvalue weighted by molar-refractivity contribution is 0.109. The van der Waals surface area contributed by atoms with Crippen molar-refractivity contribution in [3.63, 3.8) is 0 Å². The van der Waals surface area contributed by atoms with Crippen LogP contribution in [0.1, 0.15) is 24.4 Å². The van der Waals surface area contributed by atoms with Gasteiger partial charge in [0.1, 0.15) is 0 Å². The van der Waals surface area contributed by atoms with Crippen LogP contribution in [0.3, 0.4) is 0 Å². The third-order valence-electron chi connectivity index (χ3n) is 3.94. The zero-order chi connectivity index (χ0) is 13.4. The third kappa shape index (κ3) is 3.14. The smallest absolute Gasteiger partial charge is 0.0907 e. The van der Waals surface area contributed by atoms with Gasteiger partial charge in [0.2, 0.25) is 0 Å². The fourth-order valence-electron chi connectivity index (χ4n) is 2.88. The van der Waals surface area contributed by atoms with E-state index in [1.165, 1.54) is 10.3 Å². The Morgan fingerprint density at radius 1 is 1.30 bits per heavy atom. The molecular weight excluding hydrogens is 290 g/mol. The summed E-state index contributed by atoms with van der Waals surface area (Å²) in [5.74, 6) is 0. The van der Waals surface area contributed by atoms with Gasteiger partial charge in [-0.25, -0.2) is 4.98 Å². The summed E-state index contributed by atoms with van der Waals surface area (Å²) in [5, 5.41) is 4.63. The SMILES string of the molecule is Cc1nc2ccc(CN3[C@H](C)CNC[C@@H]3C)cc2s1.Cl. The highest BCUT2D eigenvalue weighted by atomic mass is 35.5. The van der Waals surface area contributed by atoms with Gasteiger partial charge in [0.25, 0.3) is 0 Å². The van der Waals surface area contributed by atoms with Gasteiger partial charge in [0, 0.05) is 31.7 Å². The molecule has 3 nitrogen and oxygen atoms in total. The number of hydrogen-bond donors (Lipinski definition) is 1. The first-order valence-electron chi connectivity index (χ1n) is 6.96. The predicted octanol–water partition coefficient (Wildman–Crippen LogP) is 3.21. The number of benzene rings is 1. The molecule has 1 aliphatic rings. The van der Waals surface area contributed by atoms with Crippen molar-refractivity contribution in [3.8, 4) is 0 Å². The molecule has 3 rings (SSSR count). The number of nitrogens with one attached hydrogen (secondary N) is 1. The van der Waals surface area contributed by atoms with Crippen molar-refractivity contribution in [3.05, 3.63) is 28.8 Å². The summed E-state index contributed by atoms with van der Waals surface area (Å²) in [7, 11) is 0. The number of fused-ring (bicyclic) bond motifs is 1. The Kier molecular flexibility index (Phi) is 5.02. The lowest BCUT2D eigenvalue weighted by atomic mass is 10.1. The number of halogens is 1. The summed E-state index contributed by atoms with van der Waals surface area (Å²) < 4.78 is 1.31. The van der Waals surface area contributed by atoms with Crippen LogP contribution in [0.25, 0.3) is 10.2 Å². The molecule has 0 radical (unpaired) electrons. The van der Waals surface area contributed by atoms with Crippen LogP contribution in [-0.4, -0.2) is 35.1 Å². The Hall–Kier alpha value is -0.680. The molecule has 0 spiro atoms. The first kappa shape index (κ1) is 15.7. The summed E-state index contributed by atoms with van der Waals surface area (Å²) in [6, 6.07) is 7.89. The fraction of sp³-hybridized carbons (Fsp3) is 0.533. The van der Waals surface area contributed by atoms with Gasteiger partial charge < -0.3 is 5.32 Å². The maximum absolute atomic E-state index is 4.53. The van der Waals surface area contributed by atoms with Gasteiger partial charge in [-0.1, -0.05) is 6.07 Å². The van der Waals surface area contributed by atoms with Crippen LogP contribution < -0.4 is 5.32 Å². The van der Waals surface area contributed by atoms with Crippen molar-refractivity contribution in [2.24, 2.45) is 0 Å². The molecule has 2 atom stereocenters. The van der Waals surface area contributed by atoms with Crippen LogP contribution in [0.15, 0.2) is 18.2 Å². The van der Waals surface area contributed by atoms with Crippen LogP contribution in [0.2, 0.25) is 0 Å². The number of thiazole rings is 1. The molecule has 0 aliphatic carbocycles. The van der Waals surface area contributed by atoms with Gasteiger partial charge in [-0.05, 0) is 38.5 Å². The quantitative estimate of drug-likeness (QED) is 0.923. The van der Waals surface area contributed by atoms with Crippen LogP contribution >= 0.6 is 23.7 Å². The standard InChI is InChI=1S/C15H21N3S.ClH/c1-10-7-16-8-11(2)18(10)9-13-4-5-14-15(6-13)19-12(3)17-14;/h4-6,10-11,16H,7-9H2,1-3H3;1H/t10-,11+;. The molecule has 1 saturated heterocycles. The highest BCUT2D eigenvalue weighted by Crippen LogP contribution is 2.24. The number of hydrogen-bond acceptors (Lipinski definition) is 4. The lowest BCUT2D eigenvalue weighted by Crippen LogP contribution is -2.54. The van der Waals surface area contributed by atoms with Gasteiger partial charge in [-0.15, -0.1) is 23.7 Å². The van der Waals surface area contributed by atoms with Gasteiger partial charge in [-0.2, -0.15) is 0 Å². The topological polar surface area (TPSA) is 28.2 Å². The van der Waals surface area contributed by atoms with E-state index >= 15 is 0 Å². The molecule has 0 amide bonds. The molecular formula is C15H22ClN3S. The second kappa shape index (κ2) is 6.39. The molecule has 2 heterocycles. The Morgan fingerprint density at radius 2 is 2.00 bits per heavy atom. The first-order valence-corrected chi connectivity index (χ1v) is 7.77. The monoisotopic (exact) mass is 311 g/mol. The van der Waals surface area contributed by atoms with Crippen molar-refractivity contribution in [1.82, 2.24) is 15.2 Å². The van der Waals surface area contributed by atoms with Gasteiger partial charge in [0.05, 0.1) is 15.2 Å². The van der Waals surface area contributed by atoms with Gasteiger partial charge >= 0.3 is 0 Å². The Bertz CT molecular complexity index is 574. The number of rotatable bonds is 2. The zero-order valence-corrected chi connectivity index (χ0v) is 13.9. The number of piperazine rings is 1. The lowest BCUT2D eigenvalue weighted by Gasteiger charge is -2.39. The summed E-state index contributed by atoms with van der Waals surface area (Å²) in [6.45, 7) is 9.90. The molecule has 0 unspecified atom stereocenters. The van der Waals surface area contributed by atoms with E-state index < -0.39 is 0 Å². The van der Waals surface area contributed by atoms with E-state index in [4.69, 9.17) is 0 Å². The highest BCUT2D eigenvalue weighted by molar-refractivity contribution is 7.18. The van der Waals surface area contributed by atoms with Gasteiger partial charge in [-0.3, -0.25) is 4.90 Å². The van der Waals surface area contributed by atoms with Crippen LogP contribution in [0.5, 0.6) is 0 Å². The van der Waals surface area contributed by atoms with Crippen molar-refractivity contribution in [2.75, 3.05) is 13.1 Å². The van der Waals surface area contributed by atoms with Crippen LogP contribution in [0, 0.1) is 6.92 Å². The first-order chi connectivity index (χ1) is 9.13. The van der Waals surface area contributed by atoms with Crippen LogP contribution in [0.4, 0.5) is 0 Å². The van der Waals surface area contributed by atoms with Crippen molar-refractivity contribution >= 4 is 34.0 Å². The second-order valence-electron chi connectivity index (χ2n) is 5.56. The Balaban J connectivity index is 0.00000147. The Morgan fingerprint density at radius 3 is 2.70 bits per heavy atom. The van der Waals surface area contributed by atoms with E-state index in [2.05, 4.69) is 54.2 Å². The van der Waals surface area contributed by atoms with Crippen molar-refractivity contribution in [2.45, 2.75) is 39.4 Å². The van der Waals surface area contributed by atoms with E-state index in [0.29, 0.717) is 12.1 Å². The maximum atomic E-state index is 4.53. The summed E-state index contributed by atoms with van der Waals surface area (Å²) in [4.78, 5) is 7.11. The van der Waals surface area contributed by atoms with E-state index in [1.54, 1.807) is 11.3 Å². The zero-order valence-electron chi connectivity index (χ0n) is 12.2. The molecule has 1 aromatic carbocycles. The molecule has 20 heavy (non-hydrogen) atoms. The average molecular weight is 312 g/mol. The van der Waals surface area contributed by atoms with Crippen molar-refractivity contribution in [1.29, 1.82) is 0 Å². The molecule has 1 N–H and O–H groups in total. The molecule has 110 valence electrons. The fourth-order valence-corrected chi connectivity index (χ4v) is 3.77. The summed E-state index contributed by atoms with van der Waals surface area (Å²) in [6.07, 6.45) is 0. The summed E-state index contributed by atoms with van der Waals surface area (Å²) >= 11 is 1.79. The summed E-state index contributed by atoms with van der Waals surface area (Å²) in [5.41, 5.74) is 2.53. The number of aryl methyl sites for hydroxylation is 1. The minimum atomic E-state index is 0. The highest BCUT2D eigenvalue weighted by Gasteiger charge is 2.24. The van der Waals surface area contributed by atoms with E-state index in [0.717, 1.165) is 30.2 Å². The van der Waals surface area contributed by atoms with E-state index in [9.17, 15) is 0 Å². The number of nitrogens with zero attached hydrogens (tertiary/aromatic N) is 2. The Labute approximate surface area is 130 Å². The largest absolute Gasteiger partial charge is 0.314 e. The molecule has 2 aromatic rings. The third-order valence-corrected chi connectivity index (χ3v) is 4.87. The molecule has 1 aromatic heterocycles. The van der Waals surface area contributed by atoms with Gasteiger partial charge in [0.15, 0.2) is 0 Å². The average Bonchev–Trinajstić information content (AvgIpc) is 2.73. The molecule has 1 fully saturated rings. The number of aromatic nitrogens is 1. The maximum Gasteiger partial charge on any atom is 0.0907 e. The molecule has 1 aliphatic heterocycles. The predicted molar refractivity (Wildman–Crippen MR) is 88.9 cm³/mol. The molecule has 0 bridgehead atoms. The second-order valence-corrected chi connectivity index (χ2v) is 6.80. The minimum Gasteiger partial charge on any atom is -0.314 e.